The Morgan fingerprint density at radius 2 is 0.518 bits per heavy atom. The molecule has 1 N–H and O–H groups in total. The number of carbonyl (C=O) groups excluding carboxylic acids is 1. The number of aliphatic hydroxyl groups excluding tert-OH is 1. The molecule has 1 radical (unpaired) electrons. The fourth-order valence-electron chi connectivity index (χ4n) is 6.13. The fraction of sp³-hybridized carbons (Fsp3) is 0. The van der Waals surface area contributed by atoms with Crippen molar-refractivity contribution in [1.82, 2.24) is 0 Å². The van der Waals surface area contributed by atoms with Crippen LogP contribution in [0.4, 0.5) is 0 Å². The molecule has 0 unspecified atom stereocenters. The fourth-order valence-corrected chi connectivity index (χ4v) is 11.3. The summed E-state index contributed by atoms with van der Waals surface area (Å²) in [5.74, 6) is -0.216. The molecule has 0 heterocycles. The molecule has 2 nitrogen and oxygen atoms in total. The quantitative estimate of drug-likeness (QED) is 0.0679. The molecule has 0 aliphatic heterocycles. The minimum Gasteiger partial charge on any atom is -0.507 e. The molecule has 0 saturated heterocycles. The summed E-state index contributed by atoms with van der Waals surface area (Å²) in [6.45, 7) is 0. The number of benzene rings is 8. The zero-order chi connectivity index (χ0) is 37.9. The van der Waals surface area contributed by atoms with Crippen molar-refractivity contribution in [3.8, 4) is 0 Å². The first-order valence-electron chi connectivity index (χ1n) is 18.3. The molecule has 0 aromatic heterocycles. The van der Waals surface area contributed by atoms with E-state index < -0.39 is 15.8 Å². The van der Waals surface area contributed by atoms with Gasteiger partial charge in [-0.25, -0.2) is 0 Å². The van der Waals surface area contributed by atoms with Crippen molar-refractivity contribution in [2.24, 2.45) is 0 Å². The second-order valence-electron chi connectivity index (χ2n) is 12.6. The van der Waals surface area contributed by atoms with Crippen molar-refractivity contribution < 1.29 is 59.3 Å². The third-order valence-electron chi connectivity index (χ3n) is 8.77. The molecule has 0 atom stereocenters. The van der Waals surface area contributed by atoms with E-state index in [1.165, 1.54) is 37.9 Å². The third-order valence-corrected chi connectivity index (χ3v) is 14.2. The van der Waals surface area contributed by atoms with E-state index in [2.05, 4.69) is 182 Å². The van der Waals surface area contributed by atoms with Gasteiger partial charge in [0.15, 0.2) is 5.78 Å². The Hall–Kier alpha value is -4.59. The number of hydrogen-bond acceptors (Lipinski definition) is 2. The zero-order valence-electron chi connectivity index (χ0n) is 30.9. The molecular weight excluding hydrogens is 858 g/mol. The van der Waals surface area contributed by atoms with E-state index in [4.69, 9.17) is 0 Å². The summed E-state index contributed by atoms with van der Waals surface area (Å²) in [5, 5.41) is 18.4. The summed E-state index contributed by atoms with van der Waals surface area (Å²) in [6, 6.07) is 82.9. The van der Waals surface area contributed by atoms with Gasteiger partial charge in [-0.2, -0.15) is 0 Å². The van der Waals surface area contributed by atoms with Crippen LogP contribution in [0.5, 0.6) is 0 Å². The van der Waals surface area contributed by atoms with Crippen LogP contribution in [0.1, 0.15) is 15.9 Å². The largest absolute Gasteiger partial charge is 0.507 e. The molecule has 0 aliphatic rings. The normalized spacial score (nSPS) is 10.6. The predicted octanol–water partition coefficient (Wildman–Crippen LogP) is 9.82. The molecule has 5 heteroatoms. The predicted molar refractivity (Wildman–Crippen MR) is 241 cm³/mol. The van der Waals surface area contributed by atoms with E-state index in [9.17, 15) is 9.90 Å². The number of rotatable bonds is 9. The van der Waals surface area contributed by atoms with Crippen molar-refractivity contribution in [1.29, 1.82) is 0 Å². The standard InChI is InChI=1S/2C18H15P.C15H12O2.Eu/c2*1-4-10-16(11-5-1)19(17-12-6-2-7-13-17)18-14-8-3-9-15-18;16-14(12-7-3-1-4-8-12)11-15(17)13-9-5-2-6-10-13;/h2*1-15H;1-11,16H;/p+2/b;;14-11-;. The molecule has 0 aliphatic carbocycles. The van der Waals surface area contributed by atoms with Crippen LogP contribution in [-0.4, -0.2) is 10.9 Å². The molecular formula is C51H44EuO2P2+2. The molecule has 8 rings (SSSR count). The minimum atomic E-state index is -0.877. The monoisotopic (exact) mass is 903 g/mol. The molecule has 0 amide bonds. The summed E-state index contributed by atoms with van der Waals surface area (Å²) < 4.78 is 0. The second kappa shape index (κ2) is 23.5. The SMILES string of the molecule is O=C(/C=C(\O)c1ccccc1)c1ccccc1.[Eu].c1ccc([PH+](c2ccccc2)c2ccccc2)cc1.c1ccc([PH+](c2ccccc2)c2ccccc2)cc1. The van der Waals surface area contributed by atoms with Gasteiger partial charge in [0.25, 0.3) is 0 Å². The van der Waals surface area contributed by atoms with Crippen molar-refractivity contribution in [2.45, 2.75) is 0 Å². The van der Waals surface area contributed by atoms with Gasteiger partial charge in [0.2, 0.25) is 0 Å². The minimum absolute atomic E-state index is 0. The van der Waals surface area contributed by atoms with Crippen LogP contribution in [0.3, 0.4) is 0 Å². The van der Waals surface area contributed by atoms with Gasteiger partial charge in [0.05, 0.1) is 15.8 Å². The Bertz CT molecular complexity index is 2010. The maximum atomic E-state index is 11.8. The van der Waals surface area contributed by atoms with Crippen molar-refractivity contribution in [2.75, 3.05) is 0 Å². The maximum absolute atomic E-state index is 11.8. The van der Waals surface area contributed by atoms with Crippen LogP contribution in [0.2, 0.25) is 0 Å². The van der Waals surface area contributed by atoms with E-state index in [0.29, 0.717) is 11.1 Å². The summed E-state index contributed by atoms with van der Waals surface area (Å²) in [4.78, 5) is 11.8. The van der Waals surface area contributed by atoms with E-state index in [0.717, 1.165) is 0 Å². The first-order valence-corrected chi connectivity index (χ1v) is 21.3. The Labute approximate surface area is 374 Å². The van der Waals surface area contributed by atoms with E-state index in [1.807, 2.05) is 24.3 Å². The summed E-state index contributed by atoms with van der Waals surface area (Å²) in [5.41, 5.74) is 1.20. The summed E-state index contributed by atoms with van der Waals surface area (Å²) in [6.07, 6.45) is 1.24. The molecule has 8 aromatic carbocycles. The molecule has 275 valence electrons. The molecule has 56 heavy (non-hydrogen) atoms. The van der Waals surface area contributed by atoms with Gasteiger partial charge in [-0.05, 0) is 72.8 Å². The molecule has 0 spiro atoms. The second-order valence-corrected chi connectivity index (χ2v) is 17.5. The first-order chi connectivity index (χ1) is 27.2. The van der Waals surface area contributed by atoms with Crippen molar-refractivity contribution in [3.05, 3.63) is 260 Å². The zero-order valence-corrected chi connectivity index (χ0v) is 35.3. The molecule has 8 aromatic rings. The first kappa shape index (κ1) is 42.6. The maximum Gasteiger partial charge on any atom is 0.189 e. The number of ketones is 1. The van der Waals surface area contributed by atoms with E-state index in [-0.39, 0.29) is 60.9 Å². The molecule has 0 fully saturated rings. The number of hydrogen-bond donors (Lipinski definition) is 1. The average Bonchev–Trinajstić information content (AvgIpc) is 3.27. The average molecular weight is 903 g/mol. The van der Waals surface area contributed by atoms with E-state index in [1.54, 1.807) is 36.4 Å². The number of carbonyl (C=O) groups is 1. The van der Waals surface area contributed by atoms with Gasteiger partial charge >= 0.3 is 0 Å². The summed E-state index contributed by atoms with van der Waals surface area (Å²) >= 11 is 0. The van der Waals surface area contributed by atoms with Gasteiger partial charge in [-0.3, -0.25) is 4.79 Å². The van der Waals surface area contributed by atoms with Crippen molar-refractivity contribution in [3.63, 3.8) is 0 Å². The van der Waals surface area contributed by atoms with Gasteiger partial charge in [0.1, 0.15) is 37.6 Å². The van der Waals surface area contributed by atoms with Gasteiger partial charge < -0.3 is 5.11 Å². The van der Waals surface area contributed by atoms with Crippen LogP contribution in [0, 0.1) is 49.4 Å². The van der Waals surface area contributed by atoms with Crippen LogP contribution in [0.15, 0.2) is 249 Å². The van der Waals surface area contributed by atoms with Crippen LogP contribution >= 0.6 is 15.8 Å². The Morgan fingerprint density at radius 3 is 0.750 bits per heavy atom. The third kappa shape index (κ3) is 12.7. The van der Waals surface area contributed by atoms with Crippen molar-refractivity contribution >= 4 is 59.2 Å². The summed E-state index contributed by atoms with van der Waals surface area (Å²) in [7, 11) is -1.75. The smallest absolute Gasteiger partial charge is 0.189 e. The van der Waals surface area contributed by atoms with Gasteiger partial charge in [-0.1, -0.05) is 170 Å². The Kier molecular flexibility index (Phi) is 17.8. The van der Waals surface area contributed by atoms with Gasteiger partial charge in [0, 0.05) is 66.6 Å². The van der Waals surface area contributed by atoms with E-state index >= 15 is 0 Å². The van der Waals surface area contributed by atoms with Crippen LogP contribution in [-0.2, 0) is 0 Å². The van der Waals surface area contributed by atoms with Crippen LogP contribution in [0.25, 0.3) is 5.76 Å². The molecule has 0 saturated carbocycles. The Balaban J connectivity index is 0.000000160. The number of aliphatic hydroxyl groups is 1. The number of allylic oxidation sites excluding steroid dienone is 1. The topological polar surface area (TPSA) is 37.3 Å². The molecule has 0 bridgehead atoms. The van der Waals surface area contributed by atoms with Gasteiger partial charge in [-0.15, -0.1) is 0 Å². The van der Waals surface area contributed by atoms with Crippen LogP contribution < -0.4 is 31.8 Å². The Morgan fingerprint density at radius 1 is 0.321 bits per heavy atom.